The van der Waals surface area contributed by atoms with Crippen LogP contribution in [0.2, 0.25) is 0 Å². The summed E-state index contributed by atoms with van der Waals surface area (Å²) in [6, 6.07) is 4.47. The molecule has 2 N–H and O–H groups in total. The Morgan fingerprint density at radius 2 is 2.14 bits per heavy atom. The summed E-state index contributed by atoms with van der Waals surface area (Å²) in [6.07, 6.45) is 6.58. The second kappa shape index (κ2) is 9.16. The van der Waals surface area contributed by atoms with Crippen molar-refractivity contribution in [2.75, 3.05) is 33.4 Å². The van der Waals surface area contributed by atoms with Gasteiger partial charge in [-0.2, -0.15) is 0 Å². The van der Waals surface area contributed by atoms with Gasteiger partial charge in [0, 0.05) is 37.0 Å². The van der Waals surface area contributed by atoms with Gasteiger partial charge in [-0.3, -0.25) is 4.99 Å². The van der Waals surface area contributed by atoms with Gasteiger partial charge < -0.3 is 15.4 Å². The summed E-state index contributed by atoms with van der Waals surface area (Å²) in [7, 11) is 1.83. The fourth-order valence-corrected chi connectivity index (χ4v) is 4.17. The lowest BCUT2D eigenvalue weighted by Gasteiger charge is -2.37. The lowest BCUT2D eigenvalue weighted by Crippen LogP contribution is -2.46. The van der Waals surface area contributed by atoms with Crippen molar-refractivity contribution >= 4 is 17.3 Å². The molecular weight excluding hydrogens is 294 g/mol. The minimum absolute atomic E-state index is 0.282. The Labute approximate surface area is 138 Å². The van der Waals surface area contributed by atoms with Crippen molar-refractivity contribution in [2.24, 2.45) is 4.99 Å². The number of thiophene rings is 1. The maximum atomic E-state index is 5.36. The van der Waals surface area contributed by atoms with Crippen LogP contribution in [0.1, 0.15) is 43.9 Å². The van der Waals surface area contributed by atoms with Gasteiger partial charge in [0.05, 0.1) is 6.61 Å². The summed E-state index contributed by atoms with van der Waals surface area (Å²) in [5, 5.41) is 9.05. The summed E-state index contributed by atoms with van der Waals surface area (Å²) >= 11 is 1.89. The third-order valence-corrected chi connectivity index (χ3v) is 5.53. The highest BCUT2D eigenvalue weighted by Crippen LogP contribution is 2.40. The van der Waals surface area contributed by atoms with Crippen LogP contribution >= 0.6 is 11.3 Å². The average Bonchev–Trinajstić information content (AvgIpc) is 3.10. The fourth-order valence-electron chi connectivity index (χ4n) is 3.18. The van der Waals surface area contributed by atoms with E-state index in [0.717, 1.165) is 25.7 Å². The number of guanidine groups is 1. The molecule has 1 aliphatic carbocycles. The van der Waals surface area contributed by atoms with Gasteiger partial charge in [0.2, 0.25) is 0 Å². The first-order chi connectivity index (χ1) is 10.8. The van der Waals surface area contributed by atoms with E-state index in [4.69, 9.17) is 4.74 Å². The van der Waals surface area contributed by atoms with Crippen molar-refractivity contribution in [1.82, 2.24) is 10.6 Å². The predicted molar refractivity (Wildman–Crippen MR) is 94.9 cm³/mol. The zero-order valence-corrected chi connectivity index (χ0v) is 14.7. The van der Waals surface area contributed by atoms with Crippen molar-refractivity contribution in [3.05, 3.63) is 22.4 Å². The van der Waals surface area contributed by atoms with E-state index in [1.54, 1.807) is 0 Å². The summed E-state index contributed by atoms with van der Waals surface area (Å²) in [6.45, 7) is 5.24. The maximum absolute atomic E-state index is 5.36. The molecule has 0 saturated heterocycles. The molecule has 124 valence electrons. The Balaban J connectivity index is 1.90. The van der Waals surface area contributed by atoms with Gasteiger partial charge in [0.15, 0.2) is 5.96 Å². The number of nitrogens with zero attached hydrogens (tertiary/aromatic N) is 1. The number of rotatable bonds is 7. The minimum atomic E-state index is 0.282. The highest BCUT2D eigenvalue weighted by atomic mass is 32.1. The van der Waals surface area contributed by atoms with Crippen LogP contribution in [-0.4, -0.2) is 39.3 Å². The molecule has 2 rings (SSSR count). The van der Waals surface area contributed by atoms with Crippen molar-refractivity contribution in [3.63, 3.8) is 0 Å². The highest BCUT2D eigenvalue weighted by Gasteiger charge is 2.34. The van der Waals surface area contributed by atoms with Crippen LogP contribution in [0.4, 0.5) is 0 Å². The molecule has 0 aliphatic heterocycles. The summed E-state index contributed by atoms with van der Waals surface area (Å²) in [5.41, 5.74) is 0.282. The number of nitrogens with one attached hydrogen (secondary N) is 2. The predicted octanol–water partition coefficient (Wildman–Crippen LogP) is 3.15. The highest BCUT2D eigenvalue weighted by molar-refractivity contribution is 7.10. The molecule has 0 radical (unpaired) electrons. The molecule has 4 nitrogen and oxygen atoms in total. The minimum Gasteiger partial charge on any atom is -0.380 e. The van der Waals surface area contributed by atoms with E-state index in [9.17, 15) is 0 Å². The van der Waals surface area contributed by atoms with Gasteiger partial charge in [0.25, 0.3) is 0 Å². The summed E-state index contributed by atoms with van der Waals surface area (Å²) in [5.74, 6) is 0.876. The molecule has 1 fully saturated rings. The van der Waals surface area contributed by atoms with E-state index in [-0.39, 0.29) is 5.41 Å². The van der Waals surface area contributed by atoms with Gasteiger partial charge in [-0.05, 0) is 31.2 Å². The van der Waals surface area contributed by atoms with Crippen LogP contribution in [0.15, 0.2) is 22.5 Å². The molecule has 22 heavy (non-hydrogen) atoms. The standard InChI is InChI=1S/C17H29N3OS/c1-3-21-12-11-19-16(18-2)20-14-17(9-5-4-6-10-17)15-8-7-13-22-15/h7-8,13H,3-6,9-12,14H2,1-2H3,(H2,18,19,20). The topological polar surface area (TPSA) is 45.6 Å². The second-order valence-electron chi connectivity index (χ2n) is 5.87. The van der Waals surface area contributed by atoms with Crippen LogP contribution in [0, 0.1) is 0 Å². The molecule has 0 spiro atoms. The van der Waals surface area contributed by atoms with E-state index in [2.05, 4.69) is 33.1 Å². The average molecular weight is 324 g/mol. The van der Waals surface area contributed by atoms with Gasteiger partial charge in [-0.15, -0.1) is 11.3 Å². The van der Waals surface area contributed by atoms with Crippen LogP contribution < -0.4 is 10.6 Å². The lowest BCUT2D eigenvalue weighted by atomic mass is 9.73. The number of aliphatic imine (C=N–C) groups is 1. The zero-order chi connectivity index (χ0) is 15.7. The van der Waals surface area contributed by atoms with Gasteiger partial charge in [0.1, 0.15) is 0 Å². The van der Waals surface area contributed by atoms with Crippen molar-refractivity contribution in [2.45, 2.75) is 44.4 Å². The van der Waals surface area contributed by atoms with Crippen LogP contribution in [0.25, 0.3) is 0 Å². The molecule has 1 aromatic rings. The molecule has 0 aromatic carbocycles. The van der Waals surface area contributed by atoms with E-state index >= 15 is 0 Å². The molecule has 0 atom stereocenters. The number of hydrogen-bond acceptors (Lipinski definition) is 3. The molecule has 0 unspecified atom stereocenters. The molecule has 1 aromatic heterocycles. The lowest BCUT2D eigenvalue weighted by molar-refractivity contribution is 0.152. The largest absolute Gasteiger partial charge is 0.380 e. The number of ether oxygens (including phenoxy) is 1. The SMILES string of the molecule is CCOCCNC(=NC)NCC1(c2cccs2)CCCCC1. The normalized spacial score (nSPS) is 18.2. The van der Waals surface area contributed by atoms with Gasteiger partial charge in [-0.1, -0.05) is 25.3 Å². The first-order valence-corrected chi connectivity index (χ1v) is 9.25. The Bertz CT molecular complexity index is 439. The molecule has 5 heteroatoms. The zero-order valence-electron chi connectivity index (χ0n) is 13.9. The quantitative estimate of drug-likeness (QED) is 0.460. The smallest absolute Gasteiger partial charge is 0.191 e. The molecule has 1 saturated carbocycles. The van der Waals surface area contributed by atoms with Crippen molar-refractivity contribution < 1.29 is 4.74 Å². The molecule has 1 heterocycles. The van der Waals surface area contributed by atoms with Crippen LogP contribution in [0.3, 0.4) is 0 Å². The monoisotopic (exact) mass is 323 g/mol. The van der Waals surface area contributed by atoms with Crippen molar-refractivity contribution in [1.29, 1.82) is 0 Å². The Kier molecular flexibility index (Phi) is 7.19. The summed E-state index contributed by atoms with van der Waals surface area (Å²) in [4.78, 5) is 5.84. The van der Waals surface area contributed by atoms with Crippen molar-refractivity contribution in [3.8, 4) is 0 Å². The Morgan fingerprint density at radius 3 is 2.77 bits per heavy atom. The first-order valence-electron chi connectivity index (χ1n) is 8.37. The van der Waals surface area contributed by atoms with E-state index < -0.39 is 0 Å². The second-order valence-corrected chi connectivity index (χ2v) is 6.82. The van der Waals surface area contributed by atoms with Crippen LogP contribution in [0.5, 0.6) is 0 Å². The van der Waals surface area contributed by atoms with Crippen LogP contribution in [-0.2, 0) is 10.2 Å². The van der Waals surface area contributed by atoms with E-state index in [0.29, 0.717) is 6.61 Å². The Hall–Kier alpha value is -1.07. The first kappa shape index (κ1) is 17.3. The van der Waals surface area contributed by atoms with E-state index in [1.165, 1.54) is 37.0 Å². The van der Waals surface area contributed by atoms with Gasteiger partial charge >= 0.3 is 0 Å². The fraction of sp³-hybridized carbons (Fsp3) is 0.706. The summed E-state index contributed by atoms with van der Waals surface area (Å²) < 4.78 is 5.36. The van der Waals surface area contributed by atoms with E-state index in [1.807, 2.05) is 25.3 Å². The number of hydrogen-bond donors (Lipinski definition) is 2. The molecule has 0 bridgehead atoms. The third-order valence-electron chi connectivity index (χ3n) is 4.42. The Morgan fingerprint density at radius 1 is 1.32 bits per heavy atom. The maximum Gasteiger partial charge on any atom is 0.191 e. The molecular formula is C17H29N3OS. The molecule has 0 amide bonds. The third kappa shape index (κ3) is 4.71. The van der Waals surface area contributed by atoms with Gasteiger partial charge in [-0.25, -0.2) is 0 Å². The molecule has 1 aliphatic rings.